The predicted octanol–water partition coefficient (Wildman–Crippen LogP) is 2.98. The topological polar surface area (TPSA) is 53.4 Å². The van der Waals surface area contributed by atoms with Crippen molar-refractivity contribution < 1.29 is 9.90 Å². The Bertz CT molecular complexity index is 621. The van der Waals surface area contributed by atoms with Gasteiger partial charge < -0.3 is 10.0 Å². The molecule has 0 fully saturated rings. The molecule has 0 radical (unpaired) electrons. The summed E-state index contributed by atoms with van der Waals surface area (Å²) >= 11 is 0. The van der Waals surface area contributed by atoms with E-state index in [4.69, 9.17) is 0 Å². The lowest BCUT2D eigenvalue weighted by atomic mass is 10.00. The molecule has 2 rings (SSSR count). The predicted molar refractivity (Wildman–Crippen MR) is 90.8 cm³/mol. The van der Waals surface area contributed by atoms with E-state index in [-0.39, 0.29) is 18.4 Å². The van der Waals surface area contributed by atoms with Crippen LogP contribution in [0.15, 0.2) is 54.9 Å². The van der Waals surface area contributed by atoms with E-state index >= 15 is 0 Å². The molecule has 1 amide bonds. The van der Waals surface area contributed by atoms with Crippen LogP contribution in [0.1, 0.15) is 37.8 Å². The average molecular weight is 312 g/mol. The van der Waals surface area contributed by atoms with Crippen molar-refractivity contribution in [2.45, 2.75) is 38.8 Å². The van der Waals surface area contributed by atoms with Gasteiger partial charge in [0.05, 0.1) is 11.5 Å². The minimum atomic E-state index is -0.945. The van der Waals surface area contributed by atoms with Gasteiger partial charge in [0.25, 0.3) is 0 Å². The van der Waals surface area contributed by atoms with Crippen LogP contribution in [-0.4, -0.2) is 33.0 Å². The zero-order valence-electron chi connectivity index (χ0n) is 13.9. The Labute approximate surface area is 137 Å². The van der Waals surface area contributed by atoms with Gasteiger partial charge in [-0.05, 0) is 38.0 Å². The standard InChI is InChI=1S/C19H24N2O2/c1-15(17-10-7-11-20-12-17)18(22)21(14-19(2,3)23)13-16-8-5-4-6-9-16/h4-12,15,23H,13-14H2,1-3H3. The molecule has 0 aliphatic heterocycles. The highest BCUT2D eigenvalue weighted by atomic mass is 16.3. The Morgan fingerprint density at radius 1 is 1.22 bits per heavy atom. The molecule has 0 saturated heterocycles. The van der Waals surface area contributed by atoms with Crippen molar-refractivity contribution >= 4 is 5.91 Å². The van der Waals surface area contributed by atoms with Crippen molar-refractivity contribution in [3.63, 3.8) is 0 Å². The van der Waals surface area contributed by atoms with Gasteiger partial charge in [-0.25, -0.2) is 0 Å². The van der Waals surface area contributed by atoms with E-state index < -0.39 is 5.60 Å². The number of nitrogens with zero attached hydrogens (tertiary/aromatic N) is 2. The number of aromatic nitrogens is 1. The first-order valence-corrected chi connectivity index (χ1v) is 7.82. The maximum Gasteiger partial charge on any atom is 0.230 e. The van der Waals surface area contributed by atoms with Gasteiger partial charge in [0.15, 0.2) is 0 Å². The molecule has 1 heterocycles. The molecule has 23 heavy (non-hydrogen) atoms. The second-order valence-electron chi connectivity index (χ2n) is 6.50. The molecule has 1 atom stereocenters. The highest BCUT2D eigenvalue weighted by molar-refractivity contribution is 5.83. The number of carbonyl (C=O) groups is 1. The quantitative estimate of drug-likeness (QED) is 0.892. The summed E-state index contributed by atoms with van der Waals surface area (Å²) < 4.78 is 0. The van der Waals surface area contributed by atoms with E-state index in [1.807, 2.05) is 49.4 Å². The summed E-state index contributed by atoms with van der Waals surface area (Å²) in [5, 5.41) is 10.2. The van der Waals surface area contributed by atoms with Crippen LogP contribution in [0.3, 0.4) is 0 Å². The van der Waals surface area contributed by atoms with Gasteiger partial charge in [-0.15, -0.1) is 0 Å². The summed E-state index contributed by atoms with van der Waals surface area (Å²) in [5.41, 5.74) is 0.980. The average Bonchev–Trinajstić information content (AvgIpc) is 2.53. The summed E-state index contributed by atoms with van der Waals surface area (Å²) in [6.45, 7) is 6.07. The fourth-order valence-electron chi connectivity index (χ4n) is 2.53. The van der Waals surface area contributed by atoms with Crippen LogP contribution in [0.2, 0.25) is 0 Å². The molecule has 122 valence electrons. The van der Waals surface area contributed by atoms with E-state index in [0.717, 1.165) is 11.1 Å². The highest BCUT2D eigenvalue weighted by Gasteiger charge is 2.27. The molecule has 2 aromatic rings. The Morgan fingerprint density at radius 3 is 2.48 bits per heavy atom. The lowest BCUT2D eigenvalue weighted by molar-refractivity contribution is -0.136. The molecule has 1 unspecified atom stereocenters. The van der Waals surface area contributed by atoms with Crippen LogP contribution >= 0.6 is 0 Å². The van der Waals surface area contributed by atoms with Crippen molar-refractivity contribution in [1.82, 2.24) is 9.88 Å². The smallest absolute Gasteiger partial charge is 0.230 e. The van der Waals surface area contributed by atoms with Crippen molar-refractivity contribution in [2.75, 3.05) is 6.54 Å². The largest absolute Gasteiger partial charge is 0.389 e. The third kappa shape index (κ3) is 5.18. The van der Waals surface area contributed by atoms with Crippen molar-refractivity contribution in [3.8, 4) is 0 Å². The Balaban J connectivity index is 2.20. The minimum Gasteiger partial charge on any atom is -0.389 e. The normalized spacial score (nSPS) is 12.7. The lowest BCUT2D eigenvalue weighted by Crippen LogP contribution is -2.43. The third-order valence-corrected chi connectivity index (χ3v) is 3.66. The molecule has 0 spiro atoms. The van der Waals surface area contributed by atoms with Crippen LogP contribution in [-0.2, 0) is 11.3 Å². The number of rotatable bonds is 6. The van der Waals surface area contributed by atoms with Crippen molar-refractivity contribution in [2.24, 2.45) is 0 Å². The van der Waals surface area contributed by atoms with Gasteiger partial charge in [-0.2, -0.15) is 0 Å². The summed E-state index contributed by atoms with van der Waals surface area (Å²) in [6, 6.07) is 13.6. The molecular formula is C19H24N2O2. The summed E-state index contributed by atoms with van der Waals surface area (Å²) in [7, 11) is 0. The number of aliphatic hydroxyl groups is 1. The first kappa shape index (κ1) is 17.2. The van der Waals surface area contributed by atoms with E-state index in [9.17, 15) is 9.90 Å². The molecule has 1 aromatic carbocycles. The molecule has 4 nitrogen and oxygen atoms in total. The van der Waals surface area contributed by atoms with E-state index in [1.165, 1.54) is 0 Å². The fraction of sp³-hybridized carbons (Fsp3) is 0.368. The van der Waals surface area contributed by atoms with Crippen LogP contribution in [0.4, 0.5) is 0 Å². The zero-order chi connectivity index (χ0) is 16.9. The SMILES string of the molecule is CC(C(=O)N(Cc1ccccc1)CC(C)(C)O)c1cccnc1. The number of hydrogen-bond acceptors (Lipinski definition) is 3. The number of carbonyl (C=O) groups excluding carboxylic acids is 1. The van der Waals surface area contributed by atoms with Gasteiger partial charge in [-0.1, -0.05) is 36.4 Å². The molecule has 0 bridgehead atoms. The van der Waals surface area contributed by atoms with Gasteiger partial charge >= 0.3 is 0 Å². The maximum atomic E-state index is 12.9. The molecule has 0 aliphatic rings. The zero-order valence-corrected chi connectivity index (χ0v) is 13.9. The number of amides is 1. The Kier molecular flexibility index (Phi) is 5.50. The minimum absolute atomic E-state index is 0.0102. The van der Waals surface area contributed by atoms with Gasteiger partial charge in [0.2, 0.25) is 5.91 Å². The van der Waals surface area contributed by atoms with Crippen molar-refractivity contribution in [1.29, 1.82) is 0 Å². The number of benzene rings is 1. The van der Waals surface area contributed by atoms with Crippen LogP contribution in [0.5, 0.6) is 0 Å². The summed E-state index contributed by atoms with van der Waals surface area (Å²) in [6.07, 6.45) is 3.41. The Hall–Kier alpha value is -2.20. The third-order valence-electron chi connectivity index (χ3n) is 3.66. The number of hydrogen-bond donors (Lipinski definition) is 1. The second-order valence-corrected chi connectivity index (χ2v) is 6.50. The van der Waals surface area contributed by atoms with Crippen LogP contribution < -0.4 is 0 Å². The molecule has 0 saturated carbocycles. The maximum absolute atomic E-state index is 12.9. The lowest BCUT2D eigenvalue weighted by Gasteiger charge is -2.31. The second kappa shape index (κ2) is 7.38. The van der Waals surface area contributed by atoms with Crippen LogP contribution in [0, 0.1) is 0 Å². The van der Waals surface area contributed by atoms with Crippen molar-refractivity contribution in [3.05, 3.63) is 66.0 Å². The monoisotopic (exact) mass is 312 g/mol. The highest BCUT2D eigenvalue weighted by Crippen LogP contribution is 2.20. The first-order chi connectivity index (χ1) is 10.9. The van der Waals surface area contributed by atoms with E-state index in [1.54, 1.807) is 31.1 Å². The fourth-order valence-corrected chi connectivity index (χ4v) is 2.53. The van der Waals surface area contributed by atoms with Gasteiger partial charge in [-0.3, -0.25) is 9.78 Å². The van der Waals surface area contributed by atoms with Gasteiger partial charge in [0.1, 0.15) is 0 Å². The van der Waals surface area contributed by atoms with Gasteiger partial charge in [0, 0.05) is 25.5 Å². The first-order valence-electron chi connectivity index (χ1n) is 7.82. The van der Waals surface area contributed by atoms with Crippen LogP contribution in [0.25, 0.3) is 0 Å². The molecule has 1 N–H and O–H groups in total. The summed E-state index contributed by atoms with van der Waals surface area (Å²) in [4.78, 5) is 18.7. The molecule has 1 aromatic heterocycles. The Morgan fingerprint density at radius 2 is 1.91 bits per heavy atom. The molecular weight excluding hydrogens is 288 g/mol. The van der Waals surface area contributed by atoms with E-state index in [0.29, 0.717) is 6.54 Å². The molecule has 4 heteroatoms. The number of pyridine rings is 1. The summed E-state index contributed by atoms with van der Waals surface area (Å²) in [5.74, 6) is -0.307. The molecule has 0 aliphatic carbocycles. The van der Waals surface area contributed by atoms with E-state index in [2.05, 4.69) is 4.98 Å².